The molecule has 1 rings (SSSR count). The lowest BCUT2D eigenvalue weighted by molar-refractivity contribution is 0.106. The Labute approximate surface area is 76.3 Å². The van der Waals surface area contributed by atoms with E-state index in [4.69, 9.17) is 11.6 Å². The number of hydrogen-bond acceptors (Lipinski definition) is 2. The van der Waals surface area contributed by atoms with Crippen LogP contribution in [0, 0.1) is 5.95 Å². The Bertz CT molecular complexity index is 343. The molecule has 0 aliphatic heterocycles. The zero-order valence-corrected chi connectivity index (χ0v) is 6.86. The first kappa shape index (κ1) is 9.98. The molecule has 1 aromatic rings. The van der Waals surface area contributed by atoms with Gasteiger partial charge in [-0.05, 0) is 11.6 Å². The summed E-state index contributed by atoms with van der Waals surface area (Å²) in [5, 5.41) is -1.13. The number of alkyl halides is 2. The molecule has 6 heteroatoms. The average Bonchev–Trinajstić information content (AvgIpc) is 2.03. The van der Waals surface area contributed by atoms with Crippen LogP contribution < -0.4 is 0 Å². The molecule has 0 amide bonds. The van der Waals surface area contributed by atoms with Gasteiger partial charge in [-0.3, -0.25) is 4.79 Å². The molecule has 0 fully saturated rings. The smallest absolute Gasteiger partial charge is 0.266 e. The fraction of sp³-hybridized carbons (Fsp3) is 0.143. The summed E-state index contributed by atoms with van der Waals surface area (Å²) in [5.74, 6) is -1.02. The van der Waals surface area contributed by atoms with Crippen LogP contribution in [0.25, 0.3) is 0 Å². The minimum absolute atomic E-state index is 0.552. The third-order valence-electron chi connectivity index (χ3n) is 1.35. The van der Waals surface area contributed by atoms with E-state index in [1.807, 2.05) is 0 Å². The lowest BCUT2D eigenvalue weighted by Crippen LogP contribution is -2.00. The molecule has 70 valence electrons. The van der Waals surface area contributed by atoms with E-state index < -0.39 is 28.7 Å². The standard InChI is InChI=1S/C7H3ClF3NO/c8-6(13)3-1-5(9)12-2-4(3)7(10)11/h1-2,7H. The number of rotatable bonds is 2. The van der Waals surface area contributed by atoms with Crippen molar-refractivity contribution in [2.45, 2.75) is 6.43 Å². The number of pyridine rings is 1. The van der Waals surface area contributed by atoms with Gasteiger partial charge in [0.25, 0.3) is 11.7 Å². The summed E-state index contributed by atoms with van der Waals surface area (Å²) in [4.78, 5) is 13.5. The summed E-state index contributed by atoms with van der Waals surface area (Å²) in [6, 6.07) is 0.580. The van der Waals surface area contributed by atoms with Gasteiger partial charge in [0.1, 0.15) is 0 Å². The first-order valence-electron chi connectivity index (χ1n) is 3.16. The highest BCUT2D eigenvalue weighted by Gasteiger charge is 2.18. The maximum absolute atomic E-state index is 12.4. The molecule has 0 aliphatic rings. The minimum Gasteiger partial charge on any atom is -0.276 e. The van der Waals surface area contributed by atoms with Crippen molar-refractivity contribution >= 4 is 16.8 Å². The second-order valence-corrected chi connectivity index (χ2v) is 2.51. The molecule has 0 N–H and O–H groups in total. The molecule has 2 nitrogen and oxygen atoms in total. The first-order chi connectivity index (χ1) is 6.02. The van der Waals surface area contributed by atoms with Gasteiger partial charge >= 0.3 is 0 Å². The molecule has 1 aromatic heterocycles. The van der Waals surface area contributed by atoms with Crippen molar-refractivity contribution in [2.75, 3.05) is 0 Å². The second-order valence-electron chi connectivity index (χ2n) is 2.17. The SMILES string of the molecule is O=C(Cl)c1cc(F)ncc1C(F)F. The predicted octanol–water partition coefficient (Wildman–Crippen LogP) is 2.54. The zero-order valence-electron chi connectivity index (χ0n) is 6.10. The normalized spacial score (nSPS) is 10.5. The van der Waals surface area contributed by atoms with Gasteiger partial charge in [-0.1, -0.05) is 0 Å². The maximum Gasteiger partial charge on any atom is 0.266 e. The van der Waals surface area contributed by atoms with E-state index in [0.717, 1.165) is 0 Å². The second kappa shape index (κ2) is 3.74. The number of aromatic nitrogens is 1. The summed E-state index contributed by atoms with van der Waals surface area (Å²) in [5.41, 5.74) is -1.22. The molecule has 0 saturated carbocycles. The van der Waals surface area contributed by atoms with Crippen molar-refractivity contribution in [3.8, 4) is 0 Å². The lowest BCUT2D eigenvalue weighted by atomic mass is 10.1. The average molecular weight is 210 g/mol. The van der Waals surface area contributed by atoms with Crippen molar-refractivity contribution in [3.05, 3.63) is 29.3 Å². The monoisotopic (exact) mass is 209 g/mol. The molecule has 0 unspecified atom stereocenters. The van der Waals surface area contributed by atoms with E-state index in [0.29, 0.717) is 12.3 Å². The van der Waals surface area contributed by atoms with Crippen LogP contribution in [0.5, 0.6) is 0 Å². The Morgan fingerprint density at radius 2 is 2.15 bits per heavy atom. The van der Waals surface area contributed by atoms with E-state index in [1.54, 1.807) is 0 Å². The number of hydrogen-bond donors (Lipinski definition) is 0. The first-order valence-corrected chi connectivity index (χ1v) is 3.53. The van der Waals surface area contributed by atoms with Crippen molar-refractivity contribution in [1.82, 2.24) is 4.98 Å². The highest BCUT2D eigenvalue weighted by Crippen LogP contribution is 2.23. The third kappa shape index (κ3) is 2.18. The maximum atomic E-state index is 12.4. The summed E-state index contributed by atoms with van der Waals surface area (Å²) in [6.45, 7) is 0. The van der Waals surface area contributed by atoms with E-state index in [2.05, 4.69) is 4.98 Å². The zero-order chi connectivity index (χ0) is 10.0. The van der Waals surface area contributed by atoms with Crippen LogP contribution in [0.3, 0.4) is 0 Å². The molecule has 0 spiro atoms. The number of halogens is 4. The Balaban J connectivity index is 3.27. The minimum atomic E-state index is -2.90. The lowest BCUT2D eigenvalue weighted by Gasteiger charge is -2.02. The summed E-state index contributed by atoms with van der Waals surface area (Å²) < 4.78 is 36.7. The fourth-order valence-electron chi connectivity index (χ4n) is 0.785. The van der Waals surface area contributed by atoms with Crippen LogP contribution in [0.4, 0.5) is 13.2 Å². The van der Waals surface area contributed by atoms with E-state index in [1.165, 1.54) is 0 Å². The Hall–Kier alpha value is -1.10. The van der Waals surface area contributed by atoms with E-state index in [9.17, 15) is 18.0 Å². The number of carbonyl (C=O) groups excluding carboxylic acids is 1. The van der Waals surface area contributed by atoms with Crippen molar-refractivity contribution < 1.29 is 18.0 Å². The quantitative estimate of drug-likeness (QED) is 0.553. The van der Waals surface area contributed by atoms with Gasteiger partial charge in [0.15, 0.2) is 0 Å². The summed E-state index contributed by atoms with van der Waals surface area (Å²) in [6.07, 6.45) is -2.30. The molecular weight excluding hydrogens is 207 g/mol. The van der Waals surface area contributed by atoms with Gasteiger partial charge in [-0.25, -0.2) is 13.8 Å². The van der Waals surface area contributed by atoms with Crippen LogP contribution in [0.2, 0.25) is 0 Å². The van der Waals surface area contributed by atoms with Crippen LogP contribution >= 0.6 is 11.6 Å². The molecule has 0 atom stereocenters. The highest BCUT2D eigenvalue weighted by molar-refractivity contribution is 6.67. The van der Waals surface area contributed by atoms with E-state index in [-0.39, 0.29) is 0 Å². The van der Waals surface area contributed by atoms with Gasteiger partial charge in [0.2, 0.25) is 5.95 Å². The van der Waals surface area contributed by atoms with Gasteiger partial charge in [0, 0.05) is 23.4 Å². The topological polar surface area (TPSA) is 30.0 Å². The Morgan fingerprint density at radius 1 is 1.54 bits per heavy atom. The highest BCUT2D eigenvalue weighted by atomic mass is 35.5. The van der Waals surface area contributed by atoms with Crippen molar-refractivity contribution in [1.29, 1.82) is 0 Å². The van der Waals surface area contributed by atoms with E-state index >= 15 is 0 Å². The van der Waals surface area contributed by atoms with Gasteiger partial charge in [-0.15, -0.1) is 0 Å². The molecular formula is C7H3ClF3NO. The fourth-order valence-corrected chi connectivity index (χ4v) is 0.948. The van der Waals surface area contributed by atoms with Crippen LogP contribution in [0.15, 0.2) is 12.3 Å². The molecule has 0 aromatic carbocycles. The third-order valence-corrected chi connectivity index (χ3v) is 1.55. The van der Waals surface area contributed by atoms with Crippen molar-refractivity contribution in [2.24, 2.45) is 0 Å². The van der Waals surface area contributed by atoms with Gasteiger partial charge in [0.05, 0.1) is 0 Å². The number of nitrogens with zero attached hydrogens (tertiary/aromatic N) is 1. The Morgan fingerprint density at radius 3 is 2.62 bits per heavy atom. The Kier molecular flexibility index (Phi) is 2.87. The molecule has 0 radical (unpaired) electrons. The number of carbonyl (C=O) groups is 1. The van der Waals surface area contributed by atoms with Gasteiger partial charge in [-0.2, -0.15) is 4.39 Å². The molecule has 0 aliphatic carbocycles. The van der Waals surface area contributed by atoms with Crippen LogP contribution in [0.1, 0.15) is 22.3 Å². The summed E-state index contributed by atoms with van der Waals surface area (Å²) in [7, 11) is 0. The predicted molar refractivity (Wildman–Crippen MR) is 39.3 cm³/mol. The molecule has 1 heterocycles. The summed E-state index contributed by atoms with van der Waals surface area (Å²) >= 11 is 4.96. The molecule has 0 bridgehead atoms. The van der Waals surface area contributed by atoms with Crippen LogP contribution in [-0.2, 0) is 0 Å². The molecule has 13 heavy (non-hydrogen) atoms. The van der Waals surface area contributed by atoms with Crippen LogP contribution in [-0.4, -0.2) is 10.2 Å². The van der Waals surface area contributed by atoms with Gasteiger partial charge < -0.3 is 0 Å². The van der Waals surface area contributed by atoms with Crippen molar-refractivity contribution in [3.63, 3.8) is 0 Å². The molecule has 0 saturated heterocycles. The largest absolute Gasteiger partial charge is 0.276 e.